The van der Waals surface area contributed by atoms with Gasteiger partial charge in [-0.15, -0.1) is 0 Å². The van der Waals surface area contributed by atoms with E-state index in [-0.39, 0.29) is 0 Å². The van der Waals surface area contributed by atoms with Crippen LogP contribution in [0.2, 0.25) is 0 Å². The third-order valence-corrected chi connectivity index (χ3v) is 3.36. The Hall–Kier alpha value is -2.57. The van der Waals surface area contributed by atoms with Crippen LogP contribution in [0, 0.1) is 6.92 Å². The summed E-state index contributed by atoms with van der Waals surface area (Å²) >= 11 is 0. The summed E-state index contributed by atoms with van der Waals surface area (Å²) in [6, 6.07) is 5.16. The van der Waals surface area contributed by atoms with Gasteiger partial charge in [-0.2, -0.15) is 13.2 Å². The van der Waals surface area contributed by atoms with Crippen molar-refractivity contribution >= 4 is 0 Å². The summed E-state index contributed by atoms with van der Waals surface area (Å²) in [5.74, 6) is 0.855. The molecule has 0 aliphatic rings. The lowest BCUT2D eigenvalue weighted by Crippen LogP contribution is -2.05. The van der Waals surface area contributed by atoms with Crippen LogP contribution in [0.25, 0.3) is 5.69 Å². The maximum Gasteiger partial charge on any atom is 0.416 e. The summed E-state index contributed by atoms with van der Waals surface area (Å²) in [5, 5.41) is 0. The molecule has 0 bridgehead atoms. The van der Waals surface area contributed by atoms with Gasteiger partial charge in [-0.05, 0) is 25.1 Å². The number of hydrogen-bond acceptors (Lipinski definition) is 2. The molecule has 3 aromatic rings. The zero-order valence-corrected chi connectivity index (χ0v) is 11.7. The van der Waals surface area contributed by atoms with Gasteiger partial charge in [0, 0.05) is 24.3 Å². The Morgan fingerprint density at radius 2 is 2.00 bits per heavy atom. The van der Waals surface area contributed by atoms with Crippen LogP contribution in [0.5, 0.6) is 0 Å². The third kappa shape index (κ3) is 2.88. The molecule has 0 N–H and O–H groups in total. The van der Waals surface area contributed by atoms with Gasteiger partial charge in [-0.3, -0.25) is 0 Å². The van der Waals surface area contributed by atoms with Crippen molar-refractivity contribution in [1.82, 2.24) is 19.1 Å². The number of nitrogens with zero attached hydrogens (tertiary/aromatic N) is 4. The Morgan fingerprint density at radius 1 is 1.18 bits per heavy atom. The molecule has 2 aromatic heterocycles. The van der Waals surface area contributed by atoms with E-state index in [4.69, 9.17) is 0 Å². The Morgan fingerprint density at radius 3 is 2.68 bits per heavy atom. The zero-order valence-electron chi connectivity index (χ0n) is 11.7. The van der Waals surface area contributed by atoms with Crippen LogP contribution >= 0.6 is 0 Å². The molecule has 22 heavy (non-hydrogen) atoms. The summed E-state index contributed by atoms with van der Waals surface area (Å²) in [6.07, 6.45) is 2.40. The van der Waals surface area contributed by atoms with Crippen molar-refractivity contribution in [3.8, 4) is 5.69 Å². The lowest BCUT2D eigenvalue weighted by molar-refractivity contribution is -0.137. The fourth-order valence-electron chi connectivity index (χ4n) is 2.17. The van der Waals surface area contributed by atoms with Gasteiger partial charge in [0.05, 0.1) is 24.1 Å². The van der Waals surface area contributed by atoms with Gasteiger partial charge in [0.2, 0.25) is 0 Å². The molecule has 0 aliphatic carbocycles. The fourth-order valence-corrected chi connectivity index (χ4v) is 2.17. The molecule has 0 amide bonds. The van der Waals surface area contributed by atoms with Crippen molar-refractivity contribution < 1.29 is 13.2 Å². The molecule has 0 saturated carbocycles. The molecule has 1 aromatic carbocycles. The average molecular weight is 306 g/mol. The molecule has 0 fully saturated rings. The maximum absolute atomic E-state index is 12.8. The molecule has 0 aliphatic heterocycles. The lowest BCUT2D eigenvalue weighted by atomic mass is 10.2. The van der Waals surface area contributed by atoms with E-state index in [0.717, 1.165) is 23.7 Å². The molecule has 0 radical (unpaired) electrons. The number of imidazole rings is 2. The Bertz CT molecular complexity index is 786. The summed E-state index contributed by atoms with van der Waals surface area (Å²) < 4.78 is 41.7. The highest BCUT2D eigenvalue weighted by Gasteiger charge is 2.30. The number of benzene rings is 1. The number of aromatic nitrogens is 4. The summed E-state index contributed by atoms with van der Waals surface area (Å²) in [4.78, 5) is 8.35. The van der Waals surface area contributed by atoms with E-state index < -0.39 is 11.7 Å². The second-order valence-corrected chi connectivity index (χ2v) is 4.92. The van der Waals surface area contributed by atoms with Crippen LogP contribution in [0.3, 0.4) is 0 Å². The molecule has 0 unspecified atom stereocenters. The first-order valence-corrected chi connectivity index (χ1v) is 6.62. The van der Waals surface area contributed by atoms with Crippen LogP contribution in [0.1, 0.15) is 17.1 Å². The van der Waals surface area contributed by atoms with Gasteiger partial charge in [-0.25, -0.2) is 9.97 Å². The quantitative estimate of drug-likeness (QED) is 0.743. The molecule has 3 rings (SSSR count). The van der Waals surface area contributed by atoms with E-state index in [0.29, 0.717) is 12.2 Å². The Labute approximate surface area is 124 Å². The minimum Gasteiger partial charge on any atom is -0.329 e. The van der Waals surface area contributed by atoms with Gasteiger partial charge in [0.25, 0.3) is 0 Å². The van der Waals surface area contributed by atoms with Crippen molar-refractivity contribution in [2.24, 2.45) is 0 Å². The number of hydrogen-bond donors (Lipinski definition) is 0. The van der Waals surface area contributed by atoms with E-state index in [1.807, 2.05) is 17.7 Å². The molecular weight excluding hydrogens is 293 g/mol. The molecule has 2 heterocycles. The van der Waals surface area contributed by atoms with Crippen molar-refractivity contribution in [3.05, 3.63) is 66.3 Å². The minimum atomic E-state index is -4.35. The predicted octanol–water partition coefficient (Wildman–Crippen LogP) is 3.44. The van der Waals surface area contributed by atoms with Crippen LogP contribution < -0.4 is 0 Å². The number of aryl methyl sites for hydroxylation is 1. The van der Waals surface area contributed by atoms with Gasteiger partial charge in [0.1, 0.15) is 5.82 Å². The molecule has 0 saturated heterocycles. The van der Waals surface area contributed by atoms with Crippen LogP contribution in [-0.2, 0) is 12.7 Å². The standard InChI is InChI=1S/C15H13F3N4/c1-11-19-5-6-21(11)8-13-9-22(10-20-13)14-4-2-3-12(7-14)15(16,17)18/h2-7,9-10H,8H2,1H3. The minimum absolute atomic E-state index is 0.427. The number of rotatable bonds is 3. The van der Waals surface area contributed by atoms with Gasteiger partial charge in [-0.1, -0.05) is 6.07 Å². The summed E-state index contributed by atoms with van der Waals surface area (Å²) in [6.45, 7) is 2.40. The smallest absolute Gasteiger partial charge is 0.329 e. The fraction of sp³-hybridized carbons (Fsp3) is 0.200. The van der Waals surface area contributed by atoms with Gasteiger partial charge in [0.15, 0.2) is 0 Å². The highest BCUT2D eigenvalue weighted by molar-refractivity contribution is 5.37. The maximum atomic E-state index is 12.8. The van der Waals surface area contributed by atoms with Crippen molar-refractivity contribution in [3.63, 3.8) is 0 Å². The van der Waals surface area contributed by atoms with E-state index >= 15 is 0 Å². The van der Waals surface area contributed by atoms with Gasteiger partial charge >= 0.3 is 6.18 Å². The topological polar surface area (TPSA) is 35.6 Å². The molecular formula is C15H13F3N4. The van der Waals surface area contributed by atoms with Crippen molar-refractivity contribution in [1.29, 1.82) is 0 Å². The van der Waals surface area contributed by atoms with E-state index in [9.17, 15) is 13.2 Å². The van der Waals surface area contributed by atoms with E-state index in [2.05, 4.69) is 9.97 Å². The molecule has 4 nitrogen and oxygen atoms in total. The monoisotopic (exact) mass is 306 g/mol. The van der Waals surface area contributed by atoms with Gasteiger partial charge < -0.3 is 9.13 Å². The van der Waals surface area contributed by atoms with Crippen LogP contribution in [0.15, 0.2) is 49.2 Å². The Kier molecular flexibility index (Phi) is 3.48. The predicted molar refractivity (Wildman–Crippen MR) is 74.6 cm³/mol. The summed E-state index contributed by atoms with van der Waals surface area (Å²) in [7, 11) is 0. The van der Waals surface area contributed by atoms with Crippen molar-refractivity contribution in [2.75, 3.05) is 0 Å². The third-order valence-electron chi connectivity index (χ3n) is 3.36. The second kappa shape index (κ2) is 5.32. The first-order valence-electron chi connectivity index (χ1n) is 6.62. The SMILES string of the molecule is Cc1nccn1Cc1cn(-c2cccc(C(F)(F)F)c2)cn1. The van der Waals surface area contributed by atoms with E-state index in [1.165, 1.54) is 12.4 Å². The van der Waals surface area contributed by atoms with E-state index in [1.54, 1.807) is 23.0 Å². The number of halogens is 3. The van der Waals surface area contributed by atoms with Crippen molar-refractivity contribution in [2.45, 2.75) is 19.6 Å². The molecule has 0 atom stereocenters. The first-order chi connectivity index (χ1) is 10.4. The van der Waals surface area contributed by atoms with Crippen LogP contribution in [0.4, 0.5) is 13.2 Å². The zero-order chi connectivity index (χ0) is 15.7. The highest BCUT2D eigenvalue weighted by Crippen LogP contribution is 2.30. The molecule has 7 heteroatoms. The first kappa shape index (κ1) is 14.4. The summed E-state index contributed by atoms with van der Waals surface area (Å²) in [5.41, 5.74) is 0.500. The lowest BCUT2D eigenvalue weighted by Gasteiger charge is -2.08. The normalized spacial score (nSPS) is 11.8. The number of alkyl halides is 3. The van der Waals surface area contributed by atoms with Crippen LogP contribution in [-0.4, -0.2) is 19.1 Å². The second-order valence-electron chi connectivity index (χ2n) is 4.92. The average Bonchev–Trinajstić information content (AvgIpc) is 3.09. The molecule has 0 spiro atoms. The highest BCUT2D eigenvalue weighted by atomic mass is 19.4. The molecule has 114 valence electrons. The Balaban J connectivity index is 1.86. The largest absolute Gasteiger partial charge is 0.416 e.